The Morgan fingerprint density at radius 3 is 2.06 bits per heavy atom. The van der Waals surface area contributed by atoms with E-state index in [9.17, 15) is 9.59 Å². The van der Waals surface area contributed by atoms with Gasteiger partial charge in [0, 0.05) is 6.54 Å². The first-order valence-electron chi connectivity index (χ1n) is 5.79. The summed E-state index contributed by atoms with van der Waals surface area (Å²) in [6.45, 7) is 9.22. The van der Waals surface area contributed by atoms with E-state index in [1.165, 1.54) is 4.90 Å². The van der Waals surface area contributed by atoms with Gasteiger partial charge in [-0.05, 0) is 41.0 Å². The molecular formula is C12H21NO4. The third kappa shape index (κ3) is 2.90. The van der Waals surface area contributed by atoms with Crippen LogP contribution in [-0.4, -0.2) is 40.3 Å². The minimum Gasteiger partial charge on any atom is -0.481 e. The lowest BCUT2D eigenvalue weighted by Crippen LogP contribution is -2.60. The number of likely N-dealkylation sites (tertiary alicyclic amines) is 1. The average Bonchev–Trinajstić information content (AvgIpc) is 1.95. The topological polar surface area (TPSA) is 66.8 Å². The fourth-order valence-corrected chi connectivity index (χ4v) is 1.82. The number of carboxylic acids is 1. The van der Waals surface area contributed by atoms with Gasteiger partial charge in [-0.1, -0.05) is 0 Å². The molecule has 0 aromatic heterocycles. The first kappa shape index (κ1) is 13.8. The van der Waals surface area contributed by atoms with Crippen LogP contribution in [0.2, 0.25) is 0 Å². The van der Waals surface area contributed by atoms with E-state index < -0.39 is 23.1 Å². The summed E-state index contributed by atoms with van der Waals surface area (Å²) < 4.78 is 5.24. The van der Waals surface area contributed by atoms with E-state index in [0.717, 1.165) is 0 Å². The maximum Gasteiger partial charge on any atom is 0.410 e. The third-order valence-corrected chi connectivity index (χ3v) is 3.03. The molecule has 1 aliphatic rings. The van der Waals surface area contributed by atoms with Gasteiger partial charge in [-0.3, -0.25) is 4.79 Å². The second-order valence-corrected chi connectivity index (χ2v) is 6.01. The SMILES string of the molecule is CC(C)(C)OC(=O)N1CCC1C(C)(C)C(=O)O. The molecule has 0 aromatic rings. The van der Waals surface area contributed by atoms with Crippen LogP contribution in [0.25, 0.3) is 0 Å². The van der Waals surface area contributed by atoms with Crippen molar-refractivity contribution >= 4 is 12.1 Å². The number of amides is 1. The number of nitrogens with zero attached hydrogens (tertiary/aromatic N) is 1. The molecular weight excluding hydrogens is 222 g/mol. The fraction of sp³-hybridized carbons (Fsp3) is 0.833. The Labute approximate surface area is 102 Å². The summed E-state index contributed by atoms with van der Waals surface area (Å²) in [6.07, 6.45) is 0.279. The Morgan fingerprint density at radius 2 is 1.76 bits per heavy atom. The molecule has 1 heterocycles. The van der Waals surface area contributed by atoms with Crippen molar-refractivity contribution < 1.29 is 19.4 Å². The molecule has 1 N–H and O–H groups in total. The third-order valence-electron chi connectivity index (χ3n) is 3.03. The van der Waals surface area contributed by atoms with Gasteiger partial charge >= 0.3 is 12.1 Å². The van der Waals surface area contributed by atoms with Crippen molar-refractivity contribution in [2.75, 3.05) is 6.54 Å². The molecule has 1 amide bonds. The monoisotopic (exact) mass is 243 g/mol. The summed E-state index contributed by atoms with van der Waals surface area (Å²) >= 11 is 0. The molecule has 17 heavy (non-hydrogen) atoms. The molecule has 1 aliphatic heterocycles. The van der Waals surface area contributed by atoms with E-state index in [4.69, 9.17) is 9.84 Å². The zero-order chi connectivity index (χ0) is 13.4. The summed E-state index contributed by atoms with van der Waals surface area (Å²) in [5.74, 6) is -0.893. The van der Waals surface area contributed by atoms with Crippen LogP contribution >= 0.6 is 0 Å². The molecule has 98 valence electrons. The Hall–Kier alpha value is -1.26. The van der Waals surface area contributed by atoms with Gasteiger partial charge in [0.25, 0.3) is 0 Å². The van der Waals surface area contributed by atoms with E-state index in [1.54, 1.807) is 34.6 Å². The average molecular weight is 243 g/mol. The first-order chi connectivity index (χ1) is 7.55. The highest BCUT2D eigenvalue weighted by Gasteiger charge is 2.48. The Kier molecular flexibility index (Phi) is 3.41. The molecule has 5 heteroatoms. The second-order valence-electron chi connectivity index (χ2n) is 6.01. The molecule has 1 atom stereocenters. The van der Waals surface area contributed by atoms with Crippen LogP contribution < -0.4 is 0 Å². The van der Waals surface area contributed by atoms with Crippen LogP contribution in [0.3, 0.4) is 0 Å². The number of aliphatic carboxylic acids is 1. The molecule has 1 saturated heterocycles. The zero-order valence-corrected chi connectivity index (χ0v) is 11.1. The van der Waals surface area contributed by atoms with Crippen LogP contribution in [0.1, 0.15) is 41.0 Å². The summed E-state index contributed by atoms with van der Waals surface area (Å²) in [7, 11) is 0. The van der Waals surface area contributed by atoms with Gasteiger partial charge in [0.1, 0.15) is 5.60 Å². The smallest absolute Gasteiger partial charge is 0.410 e. The predicted octanol–water partition coefficient (Wildman–Crippen LogP) is 2.11. The maximum absolute atomic E-state index is 11.8. The molecule has 1 unspecified atom stereocenters. The molecule has 0 aliphatic carbocycles. The molecule has 0 saturated carbocycles. The summed E-state index contributed by atoms with van der Waals surface area (Å²) in [5, 5.41) is 9.13. The number of ether oxygens (including phenoxy) is 1. The number of carbonyl (C=O) groups is 2. The van der Waals surface area contributed by atoms with Crippen LogP contribution in [0.15, 0.2) is 0 Å². The lowest BCUT2D eigenvalue weighted by molar-refractivity contribution is -0.154. The predicted molar refractivity (Wildman–Crippen MR) is 62.8 cm³/mol. The summed E-state index contributed by atoms with van der Waals surface area (Å²) in [5.41, 5.74) is -1.49. The van der Waals surface area contributed by atoms with Crippen molar-refractivity contribution in [1.29, 1.82) is 0 Å². The highest BCUT2D eigenvalue weighted by Crippen LogP contribution is 2.35. The molecule has 0 radical (unpaired) electrons. The van der Waals surface area contributed by atoms with Crippen molar-refractivity contribution in [3.8, 4) is 0 Å². The van der Waals surface area contributed by atoms with E-state index in [2.05, 4.69) is 0 Å². The van der Waals surface area contributed by atoms with Crippen molar-refractivity contribution in [3.05, 3.63) is 0 Å². The number of carboxylic acid groups (broad SMARTS) is 1. The largest absolute Gasteiger partial charge is 0.481 e. The second kappa shape index (κ2) is 4.20. The highest BCUT2D eigenvalue weighted by molar-refractivity contribution is 5.77. The molecule has 1 fully saturated rings. The standard InChI is InChI=1S/C12H21NO4/c1-11(2,3)17-10(16)13-7-6-8(13)12(4,5)9(14)15/h8H,6-7H2,1-5H3,(H,14,15). The van der Waals surface area contributed by atoms with Crippen LogP contribution in [-0.2, 0) is 9.53 Å². The molecule has 5 nitrogen and oxygen atoms in total. The maximum atomic E-state index is 11.8. The van der Waals surface area contributed by atoms with Gasteiger partial charge in [-0.15, -0.1) is 0 Å². The lowest BCUT2D eigenvalue weighted by Gasteiger charge is -2.47. The van der Waals surface area contributed by atoms with E-state index in [0.29, 0.717) is 13.0 Å². The number of rotatable bonds is 2. The van der Waals surface area contributed by atoms with Crippen molar-refractivity contribution in [3.63, 3.8) is 0 Å². The zero-order valence-electron chi connectivity index (χ0n) is 11.1. The van der Waals surface area contributed by atoms with E-state index in [-0.39, 0.29) is 6.04 Å². The van der Waals surface area contributed by atoms with Gasteiger partial charge in [0.15, 0.2) is 0 Å². The van der Waals surface area contributed by atoms with Crippen LogP contribution in [0.5, 0.6) is 0 Å². The van der Waals surface area contributed by atoms with E-state index in [1.807, 2.05) is 0 Å². The molecule has 0 aromatic carbocycles. The normalized spacial score (nSPS) is 20.8. The van der Waals surface area contributed by atoms with Crippen molar-refractivity contribution in [2.45, 2.75) is 52.7 Å². The molecule has 0 spiro atoms. The first-order valence-corrected chi connectivity index (χ1v) is 5.79. The van der Waals surface area contributed by atoms with Crippen LogP contribution in [0, 0.1) is 5.41 Å². The Balaban J connectivity index is 2.70. The van der Waals surface area contributed by atoms with Gasteiger partial charge in [0.2, 0.25) is 0 Å². The van der Waals surface area contributed by atoms with Crippen molar-refractivity contribution in [1.82, 2.24) is 4.90 Å². The Bertz CT molecular complexity index is 330. The van der Waals surface area contributed by atoms with Crippen LogP contribution in [0.4, 0.5) is 4.79 Å². The number of hydrogen-bond donors (Lipinski definition) is 1. The van der Waals surface area contributed by atoms with Gasteiger partial charge in [-0.25, -0.2) is 4.79 Å². The molecule has 0 bridgehead atoms. The van der Waals surface area contributed by atoms with Gasteiger partial charge in [-0.2, -0.15) is 0 Å². The fourth-order valence-electron chi connectivity index (χ4n) is 1.82. The van der Waals surface area contributed by atoms with Gasteiger partial charge in [0.05, 0.1) is 11.5 Å². The van der Waals surface area contributed by atoms with Crippen molar-refractivity contribution in [2.24, 2.45) is 5.41 Å². The molecule has 1 rings (SSSR count). The number of carbonyl (C=O) groups excluding carboxylic acids is 1. The highest BCUT2D eigenvalue weighted by atomic mass is 16.6. The van der Waals surface area contributed by atoms with Gasteiger partial charge < -0.3 is 14.7 Å². The minimum absolute atomic E-state index is 0.283. The minimum atomic E-state index is -0.935. The summed E-state index contributed by atoms with van der Waals surface area (Å²) in [4.78, 5) is 24.5. The number of hydrogen-bond acceptors (Lipinski definition) is 3. The van der Waals surface area contributed by atoms with E-state index >= 15 is 0 Å². The lowest BCUT2D eigenvalue weighted by atomic mass is 9.77. The summed E-state index contributed by atoms with van der Waals surface area (Å²) in [6, 6.07) is -0.283. The quantitative estimate of drug-likeness (QED) is 0.806. The Morgan fingerprint density at radius 1 is 1.24 bits per heavy atom.